The molecule has 1 aromatic carbocycles. The van der Waals surface area contributed by atoms with Gasteiger partial charge in [0.15, 0.2) is 5.15 Å². The van der Waals surface area contributed by atoms with Crippen molar-refractivity contribution in [2.45, 2.75) is 13.0 Å². The van der Waals surface area contributed by atoms with Gasteiger partial charge in [0.2, 0.25) is 0 Å². The number of imidazole rings is 1. The Morgan fingerprint density at radius 2 is 1.89 bits per heavy atom. The second-order valence-corrected chi connectivity index (χ2v) is 6.25. The van der Waals surface area contributed by atoms with Crippen molar-refractivity contribution >= 4 is 11.6 Å². The van der Waals surface area contributed by atoms with Crippen LogP contribution in [0.3, 0.4) is 0 Å². The van der Waals surface area contributed by atoms with Crippen LogP contribution in [0.1, 0.15) is 17.8 Å². The zero-order valence-corrected chi connectivity index (χ0v) is 14.9. The van der Waals surface area contributed by atoms with E-state index in [1.807, 2.05) is 0 Å². The average Bonchev–Trinajstić information content (AvgIpc) is 3.31. The summed E-state index contributed by atoms with van der Waals surface area (Å²) >= 11 is 6.30. The van der Waals surface area contributed by atoms with Crippen molar-refractivity contribution in [2.24, 2.45) is 0 Å². The fraction of sp³-hybridized carbons (Fsp3) is 0.111. The molecule has 0 aliphatic rings. The number of nitrogens with zero attached hydrogens (tertiary/aromatic N) is 5. The maximum atomic E-state index is 13.9. The summed E-state index contributed by atoms with van der Waals surface area (Å²) in [6.07, 6.45) is -0.0223. The Bertz CT molecular complexity index is 1110. The summed E-state index contributed by atoms with van der Waals surface area (Å²) in [5.41, 5.74) is 1.42. The molecule has 3 heterocycles. The van der Waals surface area contributed by atoms with Crippen LogP contribution in [-0.4, -0.2) is 29.9 Å². The fourth-order valence-electron chi connectivity index (χ4n) is 2.63. The Balaban J connectivity index is 1.54. The standard InChI is InChI=1S/C18H12ClF3N6/c19-16-15(12-3-1-2-4-13(12)20)26-27-28(16)9-11-6-5-10(7-23-11)18-24-8-14(25-18)17(21)22/h1-8,17H,9H2,(H,24,25). The van der Waals surface area contributed by atoms with Crippen molar-refractivity contribution in [2.75, 3.05) is 0 Å². The molecule has 4 rings (SSSR count). The highest BCUT2D eigenvalue weighted by atomic mass is 35.5. The normalized spacial score (nSPS) is 11.3. The molecule has 28 heavy (non-hydrogen) atoms. The number of rotatable bonds is 5. The Labute approximate surface area is 162 Å². The first-order valence-corrected chi connectivity index (χ1v) is 8.53. The van der Waals surface area contributed by atoms with Gasteiger partial charge in [-0.05, 0) is 24.3 Å². The molecule has 0 saturated heterocycles. The molecular formula is C18H12ClF3N6. The highest BCUT2D eigenvalue weighted by Gasteiger charge is 2.16. The Morgan fingerprint density at radius 1 is 1.07 bits per heavy atom. The SMILES string of the molecule is Fc1ccccc1-c1nnn(Cc2ccc(-c3ncc(C(F)F)[nH]3)cn2)c1Cl. The summed E-state index contributed by atoms with van der Waals surface area (Å²) in [6.45, 7) is 0.209. The molecule has 6 nitrogen and oxygen atoms in total. The monoisotopic (exact) mass is 404 g/mol. The number of benzene rings is 1. The van der Waals surface area contributed by atoms with Crippen LogP contribution in [0.4, 0.5) is 13.2 Å². The molecule has 0 aliphatic carbocycles. The quantitative estimate of drug-likeness (QED) is 0.531. The summed E-state index contributed by atoms with van der Waals surface area (Å²) in [5.74, 6) is -0.143. The van der Waals surface area contributed by atoms with Gasteiger partial charge in [-0.2, -0.15) is 0 Å². The molecule has 0 aliphatic heterocycles. The summed E-state index contributed by atoms with van der Waals surface area (Å²) in [7, 11) is 0. The zero-order valence-electron chi connectivity index (χ0n) is 14.2. The smallest absolute Gasteiger partial charge is 0.279 e. The van der Waals surface area contributed by atoms with Gasteiger partial charge in [-0.15, -0.1) is 5.10 Å². The second-order valence-electron chi connectivity index (χ2n) is 5.89. The van der Waals surface area contributed by atoms with Crippen LogP contribution in [-0.2, 0) is 6.54 Å². The molecule has 0 spiro atoms. The molecule has 142 valence electrons. The van der Waals surface area contributed by atoms with E-state index in [1.54, 1.807) is 30.3 Å². The molecule has 0 radical (unpaired) electrons. The highest BCUT2D eigenvalue weighted by molar-refractivity contribution is 6.32. The van der Waals surface area contributed by atoms with E-state index in [4.69, 9.17) is 11.6 Å². The lowest BCUT2D eigenvalue weighted by Crippen LogP contribution is -2.04. The number of pyridine rings is 1. The summed E-state index contributed by atoms with van der Waals surface area (Å²) in [4.78, 5) is 10.7. The van der Waals surface area contributed by atoms with Crippen LogP contribution < -0.4 is 0 Å². The lowest BCUT2D eigenvalue weighted by atomic mass is 10.1. The van der Waals surface area contributed by atoms with Crippen molar-refractivity contribution in [1.82, 2.24) is 29.9 Å². The minimum Gasteiger partial charge on any atom is -0.337 e. The van der Waals surface area contributed by atoms with Gasteiger partial charge in [0, 0.05) is 17.3 Å². The predicted molar refractivity (Wildman–Crippen MR) is 96.3 cm³/mol. The van der Waals surface area contributed by atoms with E-state index in [9.17, 15) is 13.2 Å². The van der Waals surface area contributed by atoms with Gasteiger partial charge in [-0.3, -0.25) is 4.98 Å². The molecule has 0 amide bonds. The number of hydrogen-bond acceptors (Lipinski definition) is 4. The van der Waals surface area contributed by atoms with Crippen molar-refractivity contribution in [3.05, 3.63) is 71.2 Å². The summed E-state index contributed by atoms with van der Waals surface area (Å²) < 4.78 is 40.6. The van der Waals surface area contributed by atoms with Crippen molar-refractivity contribution in [1.29, 1.82) is 0 Å². The predicted octanol–water partition coefficient (Wildman–Crippen LogP) is 4.51. The lowest BCUT2D eigenvalue weighted by molar-refractivity contribution is 0.146. The van der Waals surface area contributed by atoms with Crippen LogP contribution in [0.5, 0.6) is 0 Å². The van der Waals surface area contributed by atoms with Crippen LogP contribution in [0, 0.1) is 5.82 Å². The van der Waals surface area contributed by atoms with E-state index in [0.717, 1.165) is 6.20 Å². The number of H-pyrrole nitrogens is 1. The molecule has 3 aromatic heterocycles. The molecule has 1 N–H and O–H groups in total. The molecule has 0 saturated carbocycles. The topological polar surface area (TPSA) is 72.3 Å². The number of nitrogens with one attached hydrogen (secondary N) is 1. The maximum absolute atomic E-state index is 13.9. The van der Waals surface area contributed by atoms with E-state index in [0.29, 0.717) is 17.1 Å². The molecule has 0 bridgehead atoms. The van der Waals surface area contributed by atoms with Gasteiger partial charge < -0.3 is 4.98 Å². The van der Waals surface area contributed by atoms with Crippen molar-refractivity contribution in [3.8, 4) is 22.6 Å². The third kappa shape index (κ3) is 3.48. The third-order valence-electron chi connectivity index (χ3n) is 4.04. The first kappa shape index (κ1) is 18.2. The van der Waals surface area contributed by atoms with Gasteiger partial charge in [-0.1, -0.05) is 28.9 Å². The largest absolute Gasteiger partial charge is 0.337 e. The van der Waals surface area contributed by atoms with E-state index in [-0.39, 0.29) is 28.6 Å². The minimum atomic E-state index is -2.62. The molecular weight excluding hydrogens is 393 g/mol. The van der Waals surface area contributed by atoms with Crippen LogP contribution in [0.2, 0.25) is 5.15 Å². The summed E-state index contributed by atoms with van der Waals surface area (Å²) in [6, 6.07) is 9.53. The van der Waals surface area contributed by atoms with E-state index >= 15 is 0 Å². The van der Waals surface area contributed by atoms with Gasteiger partial charge in [-0.25, -0.2) is 22.8 Å². The van der Waals surface area contributed by atoms with Gasteiger partial charge >= 0.3 is 0 Å². The maximum Gasteiger partial charge on any atom is 0.279 e. The van der Waals surface area contributed by atoms with E-state index in [2.05, 4.69) is 25.3 Å². The Kier molecular flexibility index (Phi) is 4.82. The average molecular weight is 405 g/mol. The first-order valence-electron chi connectivity index (χ1n) is 8.15. The number of aromatic amines is 1. The molecule has 10 heteroatoms. The molecule has 4 aromatic rings. The Morgan fingerprint density at radius 3 is 2.57 bits per heavy atom. The second kappa shape index (κ2) is 7.43. The van der Waals surface area contributed by atoms with Gasteiger partial charge in [0.25, 0.3) is 6.43 Å². The van der Waals surface area contributed by atoms with E-state index in [1.165, 1.54) is 16.9 Å². The third-order valence-corrected chi connectivity index (χ3v) is 4.42. The zero-order chi connectivity index (χ0) is 19.7. The highest BCUT2D eigenvalue weighted by Crippen LogP contribution is 2.28. The number of halogens is 4. The lowest BCUT2D eigenvalue weighted by Gasteiger charge is -2.04. The first-order chi connectivity index (χ1) is 13.5. The molecule has 0 fully saturated rings. The van der Waals surface area contributed by atoms with E-state index < -0.39 is 12.2 Å². The van der Waals surface area contributed by atoms with Crippen LogP contribution >= 0.6 is 11.6 Å². The number of alkyl halides is 2. The fourth-order valence-corrected chi connectivity index (χ4v) is 2.86. The minimum absolute atomic E-state index is 0.184. The number of hydrogen-bond donors (Lipinski definition) is 1. The van der Waals surface area contributed by atoms with Crippen LogP contribution in [0.15, 0.2) is 48.8 Å². The van der Waals surface area contributed by atoms with Crippen molar-refractivity contribution in [3.63, 3.8) is 0 Å². The van der Waals surface area contributed by atoms with Crippen molar-refractivity contribution < 1.29 is 13.2 Å². The summed E-state index contributed by atoms with van der Waals surface area (Å²) in [5, 5.41) is 8.10. The number of aromatic nitrogens is 6. The van der Waals surface area contributed by atoms with Gasteiger partial charge in [0.1, 0.15) is 23.0 Å². The van der Waals surface area contributed by atoms with Crippen LogP contribution in [0.25, 0.3) is 22.6 Å². The molecule has 0 unspecified atom stereocenters. The Hall–Kier alpha value is -3.20. The molecule has 0 atom stereocenters. The van der Waals surface area contributed by atoms with Gasteiger partial charge in [0.05, 0.1) is 18.4 Å².